The van der Waals surface area contributed by atoms with Crippen LogP contribution in [0.2, 0.25) is 5.02 Å². The van der Waals surface area contributed by atoms with Crippen LogP contribution in [0.25, 0.3) is 5.69 Å². The number of nitrogens with zero attached hydrogens (tertiary/aromatic N) is 2. The predicted octanol–water partition coefficient (Wildman–Crippen LogP) is 2.28. The second-order valence-electron chi connectivity index (χ2n) is 6.95. The number of aromatic nitrogens is 2. The molecule has 0 spiro atoms. The first-order valence-corrected chi connectivity index (χ1v) is 10.4. The number of carbonyl (C=O) groups excluding carboxylic acids is 1. The van der Waals surface area contributed by atoms with Gasteiger partial charge in [0.05, 0.1) is 25.9 Å². The summed E-state index contributed by atoms with van der Waals surface area (Å²) in [6, 6.07) is 13.8. The van der Waals surface area contributed by atoms with E-state index in [0.29, 0.717) is 11.4 Å². The monoisotopic (exact) mass is 457 g/mol. The molecule has 1 heterocycles. The lowest BCUT2D eigenvalue weighted by atomic mass is 10.1. The standard InChI is InChI=1S/C23H24ClN3O5/c1-31-13-12-26-15-19(21(28)25-11-10-16-6-3-4-9-20(16)32-2)22(29)27(23(26)30)18-8-5-7-17(24)14-18/h3-9,14-15H,10-13H2,1-2H3,(H,25,28). The van der Waals surface area contributed by atoms with Crippen LogP contribution in [0.4, 0.5) is 0 Å². The van der Waals surface area contributed by atoms with Crippen LogP contribution in [-0.2, 0) is 17.7 Å². The van der Waals surface area contributed by atoms with Gasteiger partial charge in [0.25, 0.3) is 11.5 Å². The highest BCUT2D eigenvalue weighted by atomic mass is 35.5. The Morgan fingerprint density at radius 1 is 1.09 bits per heavy atom. The van der Waals surface area contributed by atoms with Crippen molar-refractivity contribution >= 4 is 17.5 Å². The van der Waals surface area contributed by atoms with Gasteiger partial charge in [0, 0.05) is 24.9 Å². The van der Waals surface area contributed by atoms with Crippen LogP contribution in [0.3, 0.4) is 0 Å². The molecule has 32 heavy (non-hydrogen) atoms. The molecule has 0 radical (unpaired) electrons. The fourth-order valence-corrected chi connectivity index (χ4v) is 3.45. The van der Waals surface area contributed by atoms with E-state index in [9.17, 15) is 14.4 Å². The zero-order valence-corrected chi connectivity index (χ0v) is 18.6. The van der Waals surface area contributed by atoms with E-state index in [1.165, 1.54) is 23.9 Å². The molecule has 1 N–H and O–H groups in total. The van der Waals surface area contributed by atoms with Gasteiger partial charge in [-0.25, -0.2) is 9.36 Å². The number of ether oxygens (including phenoxy) is 2. The number of para-hydroxylation sites is 1. The number of benzene rings is 2. The number of carbonyl (C=O) groups is 1. The fraction of sp³-hybridized carbons (Fsp3) is 0.261. The Morgan fingerprint density at radius 2 is 1.88 bits per heavy atom. The second kappa shape index (κ2) is 10.8. The van der Waals surface area contributed by atoms with Crippen molar-refractivity contribution in [3.8, 4) is 11.4 Å². The molecule has 0 atom stereocenters. The van der Waals surface area contributed by atoms with Crippen molar-refractivity contribution in [3.63, 3.8) is 0 Å². The molecule has 0 saturated heterocycles. The first-order chi connectivity index (χ1) is 15.5. The van der Waals surface area contributed by atoms with Gasteiger partial charge in [0.15, 0.2) is 0 Å². The molecule has 0 bridgehead atoms. The quantitative estimate of drug-likeness (QED) is 0.532. The molecule has 1 amide bonds. The van der Waals surface area contributed by atoms with E-state index in [-0.39, 0.29) is 30.9 Å². The zero-order valence-electron chi connectivity index (χ0n) is 17.8. The van der Waals surface area contributed by atoms with E-state index in [1.807, 2.05) is 24.3 Å². The summed E-state index contributed by atoms with van der Waals surface area (Å²) in [7, 11) is 3.09. The zero-order chi connectivity index (χ0) is 23.1. The van der Waals surface area contributed by atoms with Crippen LogP contribution in [0.1, 0.15) is 15.9 Å². The minimum Gasteiger partial charge on any atom is -0.496 e. The molecular formula is C23H24ClN3O5. The molecule has 3 rings (SSSR count). The molecule has 3 aromatic rings. The number of nitrogens with one attached hydrogen (secondary N) is 1. The number of amides is 1. The van der Waals surface area contributed by atoms with Crippen LogP contribution >= 0.6 is 11.6 Å². The summed E-state index contributed by atoms with van der Waals surface area (Å²) in [4.78, 5) is 38.9. The van der Waals surface area contributed by atoms with E-state index in [2.05, 4.69) is 5.32 Å². The Labute approximate surface area is 190 Å². The van der Waals surface area contributed by atoms with E-state index < -0.39 is 17.2 Å². The van der Waals surface area contributed by atoms with Gasteiger partial charge in [-0.3, -0.25) is 14.2 Å². The summed E-state index contributed by atoms with van der Waals surface area (Å²) in [5.74, 6) is 0.144. The largest absolute Gasteiger partial charge is 0.496 e. The molecule has 0 aliphatic rings. The van der Waals surface area contributed by atoms with Crippen molar-refractivity contribution in [1.29, 1.82) is 0 Å². The van der Waals surface area contributed by atoms with E-state index in [4.69, 9.17) is 21.1 Å². The lowest BCUT2D eigenvalue weighted by Gasteiger charge is -2.14. The average molecular weight is 458 g/mol. The molecule has 0 unspecified atom stereocenters. The maximum Gasteiger partial charge on any atom is 0.335 e. The van der Waals surface area contributed by atoms with Crippen LogP contribution in [0.5, 0.6) is 5.75 Å². The van der Waals surface area contributed by atoms with Gasteiger partial charge < -0.3 is 14.8 Å². The number of halogens is 1. The number of hydrogen-bond donors (Lipinski definition) is 1. The van der Waals surface area contributed by atoms with Gasteiger partial charge in [-0.2, -0.15) is 0 Å². The molecule has 0 saturated carbocycles. The van der Waals surface area contributed by atoms with Gasteiger partial charge >= 0.3 is 5.69 Å². The minimum atomic E-state index is -0.722. The summed E-state index contributed by atoms with van der Waals surface area (Å²) in [6.07, 6.45) is 1.78. The molecule has 9 heteroatoms. The van der Waals surface area contributed by atoms with Crippen LogP contribution in [0, 0.1) is 0 Å². The Hall–Kier alpha value is -3.36. The van der Waals surface area contributed by atoms with Crippen molar-refractivity contribution in [3.05, 3.63) is 91.7 Å². The van der Waals surface area contributed by atoms with Crippen LogP contribution < -0.4 is 21.3 Å². The number of hydrogen-bond acceptors (Lipinski definition) is 5. The van der Waals surface area contributed by atoms with E-state index in [0.717, 1.165) is 15.9 Å². The maximum atomic E-state index is 13.1. The molecule has 1 aromatic heterocycles. The average Bonchev–Trinajstić information content (AvgIpc) is 2.79. The Kier molecular flexibility index (Phi) is 7.86. The van der Waals surface area contributed by atoms with Crippen molar-refractivity contribution in [1.82, 2.24) is 14.5 Å². The third-order valence-electron chi connectivity index (χ3n) is 4.88. The highest BCUT2D eigenvalue weighted by Gasteiger charge is 2.18. The van der Waals surface area contributed by atoms with Crippen molar-refractivity contribution < 1.29 is 14.3 Å². The van der Waals surface area contributed by atoms with Gasteiger partial charge in [0.1, 0.15) is 11.3 Å². The Balaban J connectivity index is 1.92. The minimum absolute atomic E-state index is 0.152. The second-order valence-corrected chi connectivity index (χ2v) is 7.39. The smallest absolute Gasteiger partial charge is 0.335 e. The summed E-state index contributed by atoms with van der Waals surface area (Å²) < 4.78 is 12.6. The molecule has 8 nitrogen and oxygen atoms in total. The van der Waals surface area contributed by atoms with Crippen molar-refractivity contribution in [2.45, 2.75) is 13.0 Å². The van der Waals surface area contributed by atoms with Gasteiger partial charge in [0.2, 0.25) is 0 Å². The lowest BCUT2D eigenvalue weighted by molar-refractivity contribution is 0.0950. The summed E-state index contributed by atoms with van der Waals surface area (Å²) in [5, 5.41) is 3.12. The Morgan fingerprint density at radius 3 is 2.59 bits per heavy atom. The van der Waals surface area contributed by atoms with Crippen molar-refractivity contribution in [2.24, 2.45) is 0 Å². The molecule has 0 aliphatic carbocycles. The molecule has 168 valence electrons. The fourth-order valence-electron chi connectivity index (χ4n) is 3.27. The number of methoxy groups -OCH3 is 2. The SMILES string of the molecule is COCCn1cc(C(=O)NCCc2ccccc2OC)c(=O)n(-c2cccc(Cl)c2)c1=O. The summed E-state index contributed by atoms with van der Waals surface area (Å²) >= 11 is 6.04. The first kappa shape index (κ1) is 23.3. The van der Waals surface area contributed by atoms with Crippen LogP contribution in [0.15, 0.2) is 64.3 Å². The third-order valence-corrected chi connectivity index (χ3v) is 5.11. The van der Waals surface area contributed by atoms with E-state index >= 15 is 0 Å². The normalized spacial score (nSPS) is 10.7. The molecular weight excluding hydrogens is 434 g/mol. The maximum absolute atomic E-state index is 13.1. The summed E-state index contributed by atoms with van der Waals surface area (Å²) in [5.41, 5.74) is -0.250. The first-order valence-electron chi connectivity index (χ1n) is 9.97. The predicted molar refractivity (Wildman–Crippen MR) is 122 cm³/mol. The van der Waals surface area contributed by atoms with E-state index in [1.54, 1.807) is 25.3 Å². The van der Waals surface area contributed by atoms with Gasteiger partial charge in [-0.05, 0) is 36.2 Å². The van der Waals surface area contributed by atoms with Crippen molar-refractivity contribution in [2.75, 3.05) is 27.4 Å². The Bertz CT molecular complexity index is 1220. The molecule has 2 aromatic carbocycles. The van der Waals surface area contributed by atoms with Crippen LogP contribution in [-0.4, -0.2) is 42.4 Å². The highest BCUT2D eigenvalue weighted by molar-refractivity contribution is 6.30. The lowest BCUT2D eigenvalue weighted by Crippen LogP contribution is -2.43. The van der Waals surface area contributed by atoms with Gasteiger partial charge in [-0.1, -0.05) is 35.9 Å². The highest BCUT2D eigenvalue weighted by Crippen LogP contribution is 2.17. The topological polar surface area (TPSA) is 91.6 Å². The molecule has 0 fully saturated rings. The van der Waals surface area contributed by atoms with Gasteiger partial charge in [-0.15, -0.1) is 0 Å². The number of rotatable bonds is 9. The third kappa shape index (κ3) is 5.27. The molecule has 0 aliphatic heterocycles. The summed E-state index contributed by atoms with van der Waals surface area (Å²) in [6.45, 7) is 0.702.